The van der Waals surface area contributed by atoms with Crippen LogP contribution in [0.25, 0.3) is 0 Å². The number of methoxy groups -OCH3 is 1. The molecule has 0 aliphatic rings. The predicted octanol–water partition coefficient (Wildman–Crippen LogP) is 11.8. The second-order valence-electron chi connectivity index (χ2n) is 16.5. The second kappa shape index (κ2) is 37.4. The molecule has 1 unspecified atom stereocenters. The summed E-state index contributed by atoms with van der Waals surface area (Å²) < 4.78 is 10.8. The normalized spacial score (nSPS) is 12.0. The van der Waals surface area contributed by atoms with Crippen molar-refractivity contribution in [2.75, 3.05) is 47.4 Å². The fraction of sp³-hybridized carbons (Fsp3) is 0.776. The predicted molar refractivity (Wildman–Crippen MR) is 240 cm³/mol. The molecule has 0 aliphatic heterocycles. The summed E-state index contributed by atoms with van der Waals surface area (Å²) in [6, 6.07) is 7.27. The van der Waals surface area contributed by atoms with Crippen molar-refractivity contribution in [2.45, 2.75) is 200 Å². The largest absolute Gasteiger partial charge is 0.497 e. The highest BCUT2D eigenvalue weighted by Crippen LogP contribution is 2.17. The number of ether oxygens (including phenoxy) is 2. The van der Waals surface area contributed by atoms with E-state index in [-0.39, 0.29) is 24.4 Å². The molecule has 0 saturated heterocycles. The number of hydrogen-bond donors (Lipinski definition) is 1. The molecule has 1 atom stereocenters. The van der Waals surface area contributed by atoms with Gasteiger partial charge in [-0.2, -0.15) is 0 Å². The first-order valence-corrected chi connectivity index (χ1v) is 23.5. The van der Waals surface area contributed by atoms with Gasteiger partial charge in [-0.1, -0.05) is 167 Å². The lowest BCUT2D eigenvalue weighted by atomic mass is 10.0. The van der Waals surface area contributed by atoms with Crippen LogP contribution in [-0.4, -0.2) is 81.1 Å². The van der Waals surface area contributed by atoms with E-state index >= 15 is 0 Å². The molecule has 0 aliphatic carbocycles. The Morgan fingerprint density at radius 2 is 1.18 bits per heavy atom. The van der Waals surface area contributed by atoms with E-state index in [0.29, 0.717) is 32.4 Å². The SMILES string of the molecule is CCCC/C=C\CCCCCCCCCC(C(=O)NCCc1ccc(OC)cc1)N(CCCN(C)C)C(=O)COC(=O)CCCCCCCCCCCCCCC. The molecule has 0 bridgehead atoms. The van der Waals surface area contributed by atoms with Crippen LogP contribution >= 0.6 is 0 Å². The van der Waals surface area contributed by atoms with Crippen LogP contribution < -0.4 is 10.1 Å². The summed E-state index contributed by atoms with van der Waals surface area (Å²) in [6.07, 6.45) is 36.1. The molecule has 0 saturated carbocycles. The van der Waals surface area contributed by atoms with Crippen molar-refractivity contribution in [1.82, 2.24) is 15.1 Å². The van der Waals surface area contributed by atoms with E-state index in [1.54, 1.807) is 12.0 Å². The molecule has 8 heteroatoms. The standard InChI is InChI=1S/C49H87N3O5/c1-6-8-10-12-14-16-18-20-22-24-26-28-30-33-46(49(55)50-40-39-44-35-37-45(56-5)38-36-44)52(42-32-41-51(3)4)47(53)43-57-48(54)34-31-29-27-25-23-21-19-17-15-13-11-9-7-2/h12,14,35-38,46H,6-11,13,15-34,39-43H2,1-5H3,(H,50,55)/b14-12-. The lowest BCUT2D eigenvalue weighted by molar-refractivity contribution is -0.154. The lowest BCUT2D eigenvalue weighted by Crippen LogP contribution is -2.51. The summed E-state index contributed by atoms with van der Waals surface area (Å²) in [5, 5.41) is 3.14. The Kier molecular flexibility index (Phi) is 34.2. The van der Waals surface area contributed by atoms with Crippen molar-refractivity contribution in [3.8, 4) is 5.75 Å². The van der Waals surface area contributed by atoms with Gasteiger partial charge in [-0.15, -0.1) is 0 Å². The number of unbranched alkanes of at least 4 members (excludes halogenated alkanes) is 21. The third kappa shape index (κ3) is 29.9. The van der Waals surface area contributed by atoms with Crippen molar-refractivity contribution in [3.05, 3.63) is 42.0 Å². The van der Waals surface area contributed by atoms with Crippen molar-refractivity contribution < 1.29 is 23.9 Å². The molecule has 328 valence electrons. The molecule has 0 spiro atoms. The average Bonchev–Trinajstić information content (AvgIpc) is 3.21. The zero-order valence-corrected chi connectivity index (χ0v) is 37.6. The van der Waals surface area contributed by atoms with Gasteiger partial charge in [-0.05, 0) is 83.3 Å². The van der Waals surface area contributed by atoms with Crippen LogP contribution in [0.3, 0.4) is 0 Å². The Morgan fingerprint density at radius 1 is 0.649 bits per heavy atom. The molecule has 1 aromatic carbocycles. The topological polar surface area (TPSA) is 88.2 Å². The number of esters is 1. The fourth-order valence-electron chi connectivity index (χ4n) is 7.31. The van der Waals surface area contributed by atoms with E-state index in [9.17, 15) is 14.4 Å². The molecular formula is C49H87N3O5. The monoisotopic (exact) mass is 798 g/mol. The Balaban J connectivity index is 2.66. The maximum Gasteiger partial charge on any atom is 0.306 e. The summed E-state index contributed by atoms with van der Waals surface area (Å²) >= 11 is 0. The summed E-state index contributed by atoms with van der Waals surface area (Å²) in [4.78, 5) is 44.1. The highest BCUT2D eigenvalue weighted by atomic mass is 16.5. The van der Waals surface area contributed by atoms with Gasteiger partial charge in [0.25, 0.3) is 5.91 Å². The molecule has 1 rings (SSSR count). The number of rotatable bonds is 39. The first kappa shape index (κ1) is 52.1. The fourth-order valence-corrected chi connectivity index (χ4v) is 7.31. The van der Waals surface area contributed by atoms with Crippen molar-refractivity contribution in [3.63, 3.8) is 0 Å². The Labute approximate surface area is 350 Å². The third-order valence-corrected chi connectivity index (χ3v) is 11.0. The van der Waals surface area contributed by atoms with Crippen LogP contribution in [0.5, 0.6) is 5.75 Å². The van der Waals surface area contributed by atoms with Crippen molar-refractivity contribution in [2.24, 2.45) is 0 Å². The number of carbonyl (C=O) groups is 3. The second-order valence-corrected chi connectivity index (χ2v) is 16.5. The number of nitrogens with zero attached hydrogens (tertiary/aromatic N) is 2. The van der Waals surface area contributed by atoms with Gasteiger partial charge >= 0.3 is 5.97 Å². The minimum absolute atomic E-state index is 0.132. The molecule has 0 radical (unpaired) electrons. The first-order chi connectivity index (χ1) is 27.8. The highest BCUT2D eigenvalue weighted by Gasteiger charge is 2.30. The molecule has 57 heavy (non-hydrogen) atoms. The number of hydrogen-bond acceptors (Lipinski definition) is 6. The lowest BCUT2D eigenvalue weighted by Gasteiger charge is -2.31. The molecule has 1 N–H and O–H groups in total. The van der Waals surface area contributed by atoms with Crippen LogP contribution in [0.4, 0.5) is 0 Å². The van der Waals surface area contributed by atoms with E-state index in [2.05, 4.69) is 36.2 Å². The van der Waals surface area contributed by atoms with Gasteiger partial charge in [0, 0.05) is 19.5 Å². The molecule has 0 heterocycles. The van der Waals surface area contributed by atoms with E-state index in [0.717, 1.165) is 62.8 Å². The number of benzene rings is 1. The quantitative estimate of drug-likeness (QED) is 0.0405. The summed E-state index contributed by atoms with van der Waals surface area (Å²) in [7, 11) is 5.67. The number of amides is 2. The van der Waals surface area contributed by atoms with Gasteiger partial charge in [-0.25, -0.2) is 0 Å². The molecule has 0 aromatic heterocycles. The minimum Gasteiger partial charge on any atom is -0.497 e. The van der Waals surface area contributed by atoms with Crippen LogP contribution in [0.1, 0.15) is 193 Å². The molecule has 2 amide bonds. The van der Waals surface area contributed by atoms with E-state index < -0.39 is 6.04 Å². The smallest absolute Gasteiger partial charge is 0.306 e. The maximum absolute atomic E-state index is 13.9. The van der Waals surface area contributed by atoms with Gasteiger partial charge in [-0.3, -0.25) is 14.4 Å². The van der Waals surface area contributed by atoms with Crippen LogP contribution in [0.2, 0.25) is 0 Å². The van der Waals surface area contributed by atoms with Crippen LogP contribution in [0, 0.1) is 0 Å². The van der Waals surface area contributed by atoms with Crippen molar-refractivity contribution in [1.29, 1.82) is 0 Å². The zero-order chi connectivity index (χ0) is 41.6. The Morgan fingerprint density at radius 3 is 1.74 bits per heavy atom. The van der Waals surface area contributed by atoms with Gasteiger partial charge in [0.05, 0.1) is 7.11 Å². The number of carbonyl (C=O) groups excluding carboxylic acids is 3. The maximum atomic E-state index is 13.9. The zero-order valence-electron chi connectivity index (χ0n) is 37.6. The van der Waals surface area contributed by atoms with E-state index in [1.807, 2.05) is 38.4 Å². The first-order valence-electron chi connectivity index (χ1n) is 23.5. The van der Waals surface area contributed by atoms with Gasteiger partial charge in [0.1, 0.15) is 11.8 Å². The molecule has 8 nitrogen and oxygen atoms in total. The Hall–Kier alpha value is -2.87. The highest BCUT2D eigenvalue weighted by molar-refractivity contribution is 5.88. The minimum atomic E-state index is -0.602. The van der Waals surface area contributed by atoms with Gasteiger partial charge in [0.15, 0.2) is 6.61 Å². The van der Waals surface area contributed by atoms with Crippen LogP contribution in [-0.2, 0) is 25.5 Å². The van der Waals surface area contributed by atoms with E-state index in [1.165, 1.54) is 116 Å². The third-order valence-electron chi connectivity index (χ3n) is 11.0. The van der Waals surface area contributed by atoms with Gasteiger partial charge < -0.3 is 24.6 Å². The molecular weight excluding hydrogens is 711 g/mol. The van der Waals surface area contributed by atoms with Crippen molar-refractivity contribution >= 4 is 17.8 Å². The molecule has 0 fully saturated rings. The van der Waals surface area contributed by atoms with Crippen LogP contribution in [0.15, 0.2) is 36.4 Å². The van der Waals surface area contributed by atoms with E-state index in [4.69, 9.17) is 9.47 Å². The Bertz CT molecular complexity index is 1140. The average molecular weight is 798 g/mol. The number of allylic oxidation sites excluding steroid dienone is 2. The number of nitrogens with one attached hydrogen (secondary N) is 1. The molecule has 1 aromatic rings. The summed E-state index contributed by atoms with van der Waals surface area (Å²) in [5.74, 6) is 0.0564. The summed E-state index contributed by atoms with van der Waals surface area (Å²) in [6.45, 7) is 5.89. The summed E-state index contributed by atoms with van der Waals surface area (Å²) in [5.41, 5.74) is 1.11. The van der Waals surface area contributed by atoms with Gasteiger partial charge in [0.2, 0.25) is 5.91 Å².